The van der Waals surface area contributed by atoms with Gasteiger partial charge in [-0.15, -0.1) is 0 Å². The fourth-order valence-corrected chi connectivity index (χ4v) is 3.99. The van der Waals surface area contributed by atoms with Gasteiger partial charge in [0, 0.05) is 30.6 Å². The van der Waals surface area contributed by atoms with E-state index < -0.39 is 0 Å². The molecule has 7 heteroatoms. The van der Waals surface area contributed by atoms with Crippen LogP contribution in [0.1, 0.15) is 41.3 Å². The molecule has 152 valence electrons. The van der Waals surface area contributed by atoms with E-state index in [0.717, 1.165) is 47.5 Å². The number of hydrogen-bond acceptors (Lipinski definition) is 6. The summed E-state index contributed by atoms with van der Waals surface area (Å²) in [5, 5.41) is 8.10. The highest BCUT2D eigenvalue weighted by Crippen LogP contribution is 2.24. The Hall–Kier alpha value is -2.96. The molecule has 4 rings (SSSR count). The lowest BCUT2D eigenvalue weighted by Crippen LogP contribution is -2.41. The highest BCUT2D eigenvalue weighted by molar-refractivity contribution is 5.79. The highest BCUT2D eigenvalue weighted by atomic mass is 16.5. The second kappa shape index (κ2) is 8.19. The number of rotatable bonds is 5. The van der Waals surface area contributed by atoms with E-state index in [1.165, 1.54) is 0 Å². The van der Waals surface area contributed by atoms with E-state index in [-0.39, 0.29) is 5.91 Å². The third-order valence-corrected chi connectivity index (χ3v) is 5.70. The predicted octanol–water partition coefficient (Wildman–Crippen LogP) is 3.67. The molecule has 0 bridgehead atoms. The first-order valence-corrected chi connectivity index (χ1v) is 10.1. The number of piperidine rings is 1. The SMILES string of the molecule is Cc1ccccc1-c1noc(C[C@H]2CCCN(C(=O)Cc3c(C)noc3C)C2)n1. The first-order valence-electron chi connectivity index (χ1n) is 10.1. The maximum atomic E-state index is 12.8. The van der Waals surface area contributed by atoms with Crippen LogP contribution in [0, 0.1) is 26.7 Å². The predicted molar refractivity (Wildman–Crippen MR) is 107 cm³/mol. The van der Waals surface area contributed by atoms with Crippen molar-refractivity contribution in [2.24, 2.45) is 5.92 Å². The van der Waals surface area contributed by atoms with Crippen LogP contribution in [0.5, 0.6) is 0 Å². The van der Waals surface area contributed by atoms with Crippen molar-refractivity contribution >= 4 is 5.91 Å². The minimum Gasteiger partial charge on any atom is -0.361 e. The van der Waals surface area contributed by atoms with Gasteiger partial charge >= 0.3 is 0 Å². The molecule has 1 amide bonds. The quantitative estimate of drug-likeness (QED) is 0.656. The van der Waals surface area contributed by atoms with Crippen LogP contribution in [0.15, 0.2) is 33.3 Å². The van der Waals surface area contributed by atoms with Gasteiger partial charge in [-0.1, -0.05) is 34.6 Å². The van der Waals surface area contributed by atoms with Gasteiger partial charge in [-0.2, -0.15) is 4.98 Å². The van der Waals surface area contributed by atoms with Crippen molar-refractivity contribution in [3.63, 3.8) is 0 Å². The monoisotopic (exact) mass is 394 g/mol. The van der Waals surface area contributed by atoms with Crippen molar-refractivity contribution in [1.82, 2.24) is 20.2 Å². The maximum Gasteiger partial charge on any atom is 0.227 e. The largest absolute Gasteiger partial charge is 0.361 e. The Morgan fingerprint density at radius 3 is 2.76 bits per heavy atom. The van der Waals surface area contributed by atoms with Gasteiger partial charge < -0.3 is 13.9 Å². The number of likely N-dealkylation sites (tertiary alicyclic amines) is 1. The molecule has 1 aromatic carbocycles. The zero-order valence-electron chi connectivity index (χ0n) is 17.1. The second-order valence-electron chi connectivity index (χ2n) is 7.86. The molecule has 0 spiro atoms. The van der Waals surface area contributed by atoms with Gasteiger partial charge in [0.2, 0.25) is 17.6 Å². The average Bonchev–Trinajstić information content (AvgIpc) is 3.30. The summed E-state index contributed by atoms with van der Waals surface area (Å²) in [6.45, 7) is 7.26. The molecule has 3 aromatic rings. The molecule has 7 nitrogen and oxygen atoms in total. The Morgan fingerprint density at radius 2 is 2.00 bits per heavy atom. The number of benzene rings is 1. The van der Waals surface area contributed by atoms with E-state index in [4.69, 9.17) is 9.05 Å². The molecule has 0 unspecified atom stereocenters. The summed E-state index contributed by atoms with van der Waals surface area (Å²) < 4.78 is 10.7. The van der Waals surface area contributed by atoms with Gasteiger partial charge in [0.1, 0.15) is 5.76 Å². The van der Waals surface area contributed by atoms with Gasteiger partial charge in [-0.3, -0.25) is 4.79 Å². The van der Waals surface area contributed by atoms with Crippen molar-refractivity contribution in [3.05, 3.63) is 52.7 Å². The summed E-state index contributed by atoms with van der Waals surface area (Å²) in [7, 11) is 0. The lowest BCUT2D eigenvalue weighted by Gasteiger charge is -2.32. The number of nitrogens with zero attached hydrogens (tertiary/aromatic N) is 4. The zero-order chi connectivity index (χ0) is 20.4. The summed E-state index contributed by atoms with van der Waals surface area (Å²) in [6.07, 6.45) is 3.06. The number of aryl methyl sites for hydroxylation is 3. The van der Waals surface area contributed by atoms with Crippen LogP contribution in [0.2, 0.25) is 0 Å². The van der Waals surface area contributed by atoms with Gasteiger partial charge in [0.25, 0.3) is 0 Å². The minimum atomic E-state index is 0.121. The van der Waals surface area contributed by atoms with Crippen LogP contribution in [-0.4, -0.2) is 39.2 Å². The van der Waals surface area contributed by atoms with Crippen molar-refractivity contribution < 1.29 is 13.8 Å². The smallest absolute Gasteiger partial charge is 0.227 e. The molecule has 1 aliphatic heterocycles. The molecule has 0 N–H and O–H groups in total. The summed E-state index contributed by atoms with van der Waals surface area (Å²) in [5.74, 6) is 2.42. The van der Waals surface area contributed by atoms with E-state index in [1.807, 2.05) is 49.9 Å². The highest BCUT2D eigenvalue weighted by Gasteiger charge is 2.27. The molecule has 1 fully saturated rings. The number of carbonyl (C=O) groups excluding carboxylic acids is 1. The van der Waals surface area contributed by atoms with Crippen LogP contribution in [0.4, 0.5) is 0 Å². The lowest BCUT2D eigenvalue weighted by molar-refractivity contribution is -0.132. The molecule has 1 aliphatic rings. The zero-order valence-corrected chi connectivity index (χ0v) is 17.1. The van der Waals surface area contributed by atoms with Crippen molar-refractivity contribution in [1.29, 1.82) is 0 Å². The van der Waals surface area contributed by atoms with Crippen LogP contribution in [0.3, 0.4) is 0 Å². The van der Waals surface area contributed by atoms with Crippen LogP contribution >= 0.6 is 0 Å². The Labute approximate surface area is 170 Å². The minimum absolute atomic E-state index is 0.121. The molecule has 0 radical (unpaired) electrons. The second-order valence-corrected chi connectivity index (χ2v) is 7.86. The topological polar surface area (TPSA) is 85.3 Å². The molecule has 0 aliphatic carbocycles. The number of carbonyl (C=O) groups is 1. The molecule has 1 saturated heterocycles. The van der Waals surface area contributed by atoms with E-state index in [0.29, 0.717) is 37.0 Å². The fourth-order valence-electron chi connectivity index (χ4n) is 3.99. The van der Waals surface area contributed by atoms with E-state index in [9.17, 15) is 4.79 Å². The van der Waals surface area contributed by atoms with Gasteiger partial charge in [0.15, 0.2) is 0 Å². The summed E-state index contributed by atoms with van der Waals surface area (Å²) in [6, 6.07) is 8.01. The Bertz CT molecular complexity index is 988. The van der Waals surface area contributed by atoms with Gasteiger partial charge in [-0.05, 0) is 45.1 Å². The Balaban J connectivity index is 1.39. The van der Waals surface area contributed by atoms with Crippen LogP contribution in [-0.2, 0) is 17.6 Å². The van der Waals surface area contributed by atoms with Crippen LogP contribution < -0.4 is 0 Å². The first kappa shape index (κ1) is 19.4. The standard InChI is InChI=1S/C22H26N4O3/c1-14-7-4-5-9-18(14)22-23-20(29-25-22)11-17-8-6-10-26(13-17)21(27)12-19-15(2)24-28-16(19)3/h4-5,7,9,17H,6,8,10-13H2,1-3H3/t17-/m1/s1. The summed E-state index contributed by atoms with van der Waals surface area (Å²) >= 11 is 0. The first-order chi connectivity index (χ1) is 14.0. The van der Waals surface area contributed by atoms with E-state index in [1.54, 1.807) is 0 Å². The Morgan fingerprint density at radius 1 is 1.17 bits per heavy atom. The molecule has 0 saturated carbocycles. The normalized spacial score (nSPS) is 16.9. The van der Waals surface area contributed by atoms with Crippen molar-refractivity contribution in [2.45, 2.75) is 46.5 Å². The lowest BCUT2D eigenvalue weighted by atomic mass is 9.94. The number of hydrogen-bond donors (Lipinski definition) is 0. The molecule has 2 aromatic heterocycles. The van der Waals surface area contributed by atoms with Crippen molar-refractivity contribution in [3.8, 4) is 11.4 Å². The van der Waals surface area contributed by atoms with Gasteiger partial charge in [0.05, 0.1) is 12.1 Å². The third-order valence-electron chi connectivity index (χ3n) is 5.70. The Kier molecular flexibility index (Phi) is 5.47. The van der Waals surface area contributed by atoms with Gasteiger partial charge in [-0.25, -0.2) is 0 Å². The maximum absolute atomic E-state index is 12.8. The van der Waals surface area contributed by atoms with E-state index in [2.05, 4.69) is 15.3 Å². The van der Waals surface area contributed by atoms with Crippen LogP contribution in [0.25, 0.3) is 11.4 Å². The van der Waals surface area contributed by atoms with Crippen molar-refractivity contribution in [2.75, 3.05) is 13.1 Å². The molecule has 1 atom stereocenters. The summed E-state index contributed by atoms with van der Waals surface area (Å²) in [5.41, 5.74) is 3.80. The number of aromatic nitrogens is 3. The molecule has 29 heavy (non-hydrogen) atoms. The molecular weight excluding hydrogens is 368 g/mol. The third kappa shape index (κ3) is 4.23. The fraction of sp³-hybridized carbons (Fsp3) is 0.455. The molecule has 3 heterocycles. The van der Waals surface area contributed by atoms with E-state index >= 15 is 0 Å². The summed E-state index contributed by atoms with van der Waals surface area (Å²) in [4.78, 5) is 19.3. The average molecular weight is 394 g/mol. The molecular formula is C22H26N4O3. The number of amides is 1.